The monoisotopic (exact) mass is 304 g/mol. The van der Waals surface area contributed by atoms with Gasteiger partial charge in [-0.3, -0.25) is 4.79 Å². The highest BCUT2D eigenvalue weighted by atomic mass is 35.5. The van der Waals surface area contributed by atoms with Gasteiger partial charge in [-0.05, 0) is 36.8 Å². The predicted molar refractivity (Wildman–Crippen MR) is 85.9 cm³/mol. The topological polar surface area (TPSA) is 61.4 Å². The lowest BCUT2D eigenvalue weighted by molar-refractivity contribution is -0.114. The quantitative estimate of drug-likeness (QED) is 0.802. The summed E-state index contributed by atoms with van der Waals surface area (Å²) in [5.41, 5.74) is 3.28. The number of aryl methyl sites for hydroxylation is 1. The fraction of sp³-hybridized carbons (Fsp3) is 0.188. The van der Waals surface area contributed by atoms with Gasteiger partial charge in [-0.25, -0.2) is 0 Å². The molecule has 5 heteroatoms. The number of aromatic hydroxyl groups is 1. The van der Waals surface area contributed by atoms with Crippen LogP contribution in [0.1, 0.15) is 18.1 Å². The van der Waals surface area contributed by atoms with Crippen molar-refractivity contribution in [2.24, 2.45) is 0 Å². The van der Waals surface area contributed by atoms with Crippen molar-refractivity contribution in [2.75, 3.05) is 10.6 Å². The van der Waals surface area contributed by atoms with Crippen LogP contribution in [-0.4, -0.2) is 11.0 Å². The average Bonchev–Trinajstić information content (AvgIpc) is 2.41. The van der Waals surface area contributed by atoms with Crippen molar-refractivity contribution in [2.45, 2.75) is 20.4 Å². The Morgan fingerprint density at radius 1 is 1.29 bits per heavy atom. The Bertz CT molecular complexity index is 651. The average molecular weight is 305 g/mol. The van der Waals surface area contributed by atoms with E-state index in [1.807, 2.05) is 25.1 Å². The molecule has 0 heterocycles. The Kier molecular flexibility index (Phi) is 4.70. The molecule has 110 valence electrons. The van der Waals surface area contributed by atoms with Crippen molar-refractivity contribution in [1.82, 2.24) is 0 Å². The highest BCUT2D eigenvalue weighted by molar-refractivity contribution is 6.31. The number of carbonyl (C=O) groups is 1. The van der Waals surface area contributed by atoms with Crippen molar-refractivity contribution >= 4 is 28.9 Å². The summed E-state index contributed by atoms with van der Waals surface area (Å²) >= 11 is 6.08. The normalized spacial score (nSPS) is 10.2. The third kappa shape index (κ3) is 3.89. The first-order valence-corrected chi connectivity index (χ1v) is 6.93. The molecule has 0 bridgehead atoms. The van der Waals surface area contributed by atoms with Crippen molar-refractivity contribution in [3.05, 3.63) is 52.5 Å². The molecule has 21 heavy (non-hydrogen) atoms. The van der Waals surface area contributed by atoms with E-state index in [0.717, 1.165) is 16.9 Å². The first-order chi connectivity index (χ1) is 9.97. The van der Waals surface area contributed by atoms with Crippen molar-refractivity contribution in [1.29, 1.82) is 0 Å². The second kappa shape index (κ2) is 6.50. The van der Waals surface area contributed by atoms with Gasteiger partial charge in [0.2, 0.25) is 5.91 Å². The Balaban J connectivity index is 2.18. The zero-order chi connectivity index (χ0) is 15.4. The minimum Gasteiger partial charge on any atom is -0.508 e. The van der Waals surface area contributed by atoms with Crippen LogP contribution < -0.4 is 10.6 Å². The lowest BCUT2D eigenvalue weighted by atomic mass is 10.1. The molecular formula is C16H17ClN2O2. The Morgan fingerprint density at radius 2 is 2.05 bits per heavy atom. The van der Waals surface area contributed by atoms with Crippen molar-refractivity contribution < 1.29 is 9.90 Å². The number of halogens is 1. The van der Waals surface area contributed by atoms with Crippen LogP contribution >= 0.6 is 11.6 Å². The highest BCUT2D eigenvalue weighted by Crippen LogP contribution is 2.27. The molecule has 0 unspecified atom stereocenters. The number of rotatable bonds is 4. The summed E-state index contributed by atoms with van der Waals surface area (Å²) in [6.45, 7) is 3.83. The molecule has 1 amide bonds. The second-order valence-corrected chi connectivity index (χ2v) is 5.21. The molecule has 0 aromatic heterocycles. The first-order valence-electron chi connectivity index (χ1n) is 6.56. The summed E-state index contributed by atoms with van der Waals surface area (Å²) in [4.78, 5) is 11.1. The number of benzene rings is 2. The molecule has 0 aliphatic heterocycles. The smallest absolute Gasteiger partial charge is 0.221 e. The molecule has 4 nitrogen and oxygen atoms in total. The summed E-state index contributed by atoms with van der Waals surface area (Å²) < 4.78 is 0. The first kappa shape index (κ1) is 15.2. The summed E-state index contributed by atoms with van der Waals surface area (Å²) in [5.74, 6) is 0.0409. The maximum absolute atomic E-state index is 11.1. The molecule has 2 rings (SSSR count). The molecule has 0 atom stereocenters. The molecule has 2 aromatic carbocycles. The van der Waals surface area contributed by atoms with Gasteiger partial charge in [-0.2, -0.15) is 0 Å². The van der Waals surface area contributed by atoms with Gasteiger partial charge in [-0.1, -0.05) is 23.7 Å². The number of hydrogen-bond donors (Lipinski definition) is 3. The number of nitrogens with one attached hydrogen (secondary N) is 2. The molecule has 2 aromatic rings. The summed E-state index contributed by atoms with van der Waals surface area (Å²) in [5, 5.41) is 16.3. The van der Waals surface area contributed by atoms with Crippen molar-refractivity contribution in [3.8, 4) is 5.75 Å². The zero-order valence-corrected chi connectivity index (χ0v) is 12.7. The Morgan fingerprint density at radius 3 is 2.71 bits per heavy atom. The number of phenols is 1. The fourth-order valence-electron chi connectivity index (χ4n) is 2.00. The Hall–Kier alpha value is -2.20. The van der Waals surface area contributed by atoms with E-state index in [1.165, 1.54) is 6.92 Å². The van der Waals surface area contributed by atoms with E-state index in [0.29, 0.717) is 17.1 Å². The maximum Gasteiger partial charge on any atom is 0.221 e. The lowest BCUT2D eigenvalue weighted by Gasteiger charge is -2.13. The van der Waals surface area contributed by atoms with Gasteiger partial charge in [0.1, 0.15) is 5.75 Å². The summed E-state index contributed by atoms with van der Waals surface area (Å²) in [7, 11) is 0. The van der Waals surface area contributed by atoms with Gasteiger partial charge >= 0.3 is 0 Å². The van der Waals surface area contributed by atoms with Crippen LogP contribution in [0.15, 0.2) is 36.4 Å². The van der Waals surface area contributed by atoms with E-state index in [9.17, 15) is 9.90 Å². The van der Waals surface area contributed by atoms with Crippen LogP contribution in [0.3, 0.4) is 0 Å². The van der Waals surface area contributed by atoms with E-state index in [-0.39, 0.29) is 11.7 Å². The summed E-state index contributed by atoms with van der Waals surface area (Å²) in [6.07, 6.45) is 0. The largest absolute Gasteiger partial charge is 0.508 e. The molecular weight excluding hydrogens is 288 g/mol. The van der Waals surface area contributed by atoms with Gasteiger partial charge in [0.15, 0.2) is 0 Å². The van der Waals surface area contributed by atoms with E-state index >= 15 is 0 Å². The van der Waals surface area contributed by atoms with Crippen LogP contribution in [0.5, 0.6) is 5.75 Å². The number of phenolic OH excluding ortho intramolecular Hbond substituents is 1. The molecule has 0 saturated heterocycles. The van der Waals surface area contributed by atoms with Gasteiger partial charge < -0.3 is 15.7 Å². The highest BCUT2D eigenvalue weighted by Gasteiger charge is 2.07. The van der Waals surface area contributed by atoms with Crippen LogP contribution in [0.2, 0.25) is 5.02 Å². The predicted octanol–water partition coefficient (Wildman–Crippen LogP) is 3.92. The van der Waals surface area contributed by atoms with Crippen LogP contribution in [-0.2, 0) is 11.3 Å². The van der Waals surface area contributed by atoms with E-state index in [1.54, 1.807) is 18.2 Å². The third-order valence-corrected chi connectivity index (χ3v) is 3.46. The molecule has 0 spiro atoms. The minimum absolute atomic E-state index is 0.117. The third-order valence-electron chi connectivity index (χ3n) is 3.11. The Labute approximate surface area is 128 Å². The molecule has 0 aliphatic rings. The maximum atomic E-state index is 11.1. The fourth-order valence-corrected chi connectivity index (χ4v) is 2.24. The van der Waals surface area contributed by atoms with Crippen LogP contribution in [0.25, 0.3) is 0 Å². The number of amides is 1. The molecule has 0 aliphatic carbocycles. The summed E-state index contributed by atoms with van der Waals surface area (Å²) in [6, 6.07) is 10.6. The molecule has 3 N–H and O–H groups in total. The van der Waals surface area contributed by atoms with Gasteiger partial charge in [-0.15, -0.1) is 0 Å². The van der Waals surface area contributed by atoms with Gasteiger partial charge in [0, 0.05) is 35.4 Å². The standard InChI is InChI=1S/C16H17ClN2O2/c1-10-6-7-12(19-11(2)20)8-15(10)18-9-13-14(17)4-3-5-16(13)21/h3-8,18,21H,9H2,1-2H3,(H,19,20). The van der Waals surface area contributed by atoms with E-state index in [2.05, 4.69) is 10.6 Å². The molecule has 0 saturated carbocycles. The minimum atomic E-state index is -0.117. The second-order valence-electron chi connectivity index (χ2n) is 4.80. The van der Waals surface area contributed by atoms with E-state index in [4.69, 9.17) is 11.6 Å². The van der Waals surface area contributed by atoms with Crippen LogP contribution in [0.4, 0.5) is 11.4 Å². The van der Waals surface area contributed by atoms with Gasteiger partial charge in [0.05, 0.1) is 0 Å². The number of hydrogen-bond acceptors (Lipinski definition) is 3. The zero-order valence-electron chi connectivity index (χ0n) is 11.9. The SMILES string of the molecule is CC(=O)Nc1ccc(C)c(NCc2c(O)cccc2Cl)c1. The number of carbonyl (C=O) groups excluding carboxylic acids is 1. The number of anilines is 2. The van der Waals surface area contributed by atoms with Gasteiger partial charge in [0.25, 0.3) is 0 Å². The van der Waals surface area contributed by atoms with E-state index < -0.39 is 0 Å². The van der Waals surface area contributed by atoms with Crippen LogP contribution in [0, 0.1) is 6.92 Å². The lowest BCUT2D eigenvalue weighted by Crippen LogP contribution is -2.07. The molecule has 0 fully saturated rings. The molecule has 0 radical (unpaired) electrons. The van der Waals surface area contributed by atoms with Crippen molar-refractivity contribution in [3.63, 3.8) is 0 Å².